The quantitative estimate of drug-likeness (QED) is 0.509. The fraction of sp³-hybridized carbons (Fsp3) is 0.667. The van der Waals surface area contributed by atoms with E-state index in [9.17, 15) is 0 Å². The fourth-order valence-corrected chi connectivity index (χ4v) is 2.44. The smallest absolute Gasteiger partial charge is 0.0191 e. The van der Waals surface area contributed by atoms with E-state index in [0.29, 0.717) is 0 Å². The first-order chi connectivity index (χ1) is 5.77. The number of hydrogen-bond donors (Lipinski definition) is 0. The fourth-order valence-electron chi connectivity index (χ4n) is 2.44. The molecule has 2 aliphatic rings. The molecule has 0 nitrogen and oxygen atoms in total. The zero-order chi connectivity index (χ0) is 8.55. The molecule has 0 aromatic carbocycles. The lowest BCUT2D eigenvalue weighted by Gasteiger charge is -2.29. The van der Waals surface area contributed by atoms with Crippen molar-refractivity contribution >= 4 is 0 Å². The van der Waals surface area contributed by atoms with Gasteiger partial charge in [0.25, 0.3) is 0 Å². The first kappa shape index (κ1) is 8.10. The number of hydrogen-bond acceptors (Lipinski definition) is 0. The summed E-state index contributed by atoms with van der Waals surface area (Å²) in [5, 5.41) is 0. The van der Waals surface area contributed by atoms with E-state index in [-0.39, 0.29) is 0 Å². The molecule has 12 heavy (non-hydrogen) atoms. The average Bonchev–Trinajstić information content (AvgIpc) is 2.07. The average molecular weight is 162 g/mol. The van der Waals surface area contributed by atoms with Gasteiger partial charge in [-0.3, -0.25) is 0 Å². The molecular weight excluding hydrogens is 144 g/mol. The lowest BCUT2D eigenvalue weighted by atomic mass is 9.76. The molecule has 0 saturated heterocycles. The first-order valence-corrected chi connectivity index (χ1v) is 5.16. The summed E-state index contributed by atoms with van der Waals surface area (Å²) in [6, 6.07) is 0. The first-order valence-electron chi connectivity index (χ1n) is 5.16. The van der Waals surface area contributed by atoms with Crippen molar-refractivity contribution < 1.29 is 0 Å². The highest BCUT2D eigenvalue weighted by Gasteiger charge is 2.21. The van der Waals surface area contributed by atoms with Gasteiger partial charge in [-0.25, -0.2) is 0 Å². The molecule has 0 heteroatoms. The molecule has 66 valence electrons. The van der Waals surface area contributed by atoms with Crippen LogP contribution < -0.4 is 0 Å². The highest BCUT2D eigenvalue weighted by molar-refractivity contribution is 5.33. The minimum atomic E-state index is 0.827. The van der Waals surface area contributed by atoms with E-state index in [2.05, 4.69) is 26.0 Å². The molecule has 2 aliphatic carbocycles. The van der Waals surface area contributed by atoms with Gasteiger partial charge in [0.05, 0.1) is 0 Å². The van der Waals surface area contributed by atoms with Crippen molar-refractivity contribution in [3.8, 4) is 0 Å². The molecule has 0 saturated carbocycles. The Morgan fingerprint density at radius 1 is 1.33 bits per heavy atom. The molecule has 0 heterocycles. The topological polar surface area (TPSA) is 0 Å². The Kier molecular flexibility index (Phi) is 2.08. The van der Waals surface area contributed by atoms with Gasteiger partial charge in [-0.1, -0.05) is 31.6 Å². The Balaban J connectivity index is 2.25. The molecule has 0 spiro atoms. The van der Waals surface area contributed by atoms with E-state index in [1.165, 1.54) is 25.7 Å². The molecular formula is C12H18. The van der Waals surface area contributed by atoms with Crippen LogP contribution in [0.2, 0.25) is 0 Å². The van der Waals surface area contributed by atoms with Gasteiger partial charge in [-0.05, 0) is 43.1 Å². The molecule has 0 fully saturated rings. The Morgan fingerprint density at radius 2 is 2.17 bits per heavy atom. The lowest BCUT2D eigenvalue weighted by Crippen LogP contribution is -2.14. The van der Waals surface area contributed by atoms with Crippen LogP contribution in [0.4, 0.5) is 0 Å². The largest absolute Gasteiger partial charge is 0.0837 e. The van der Waals surface area contributed by atoms with Gasteiger partial charge in [0.15, 0.2) is 0 Å². The Hall–Kier alpha value is -0.520. The molecule has 0 radical (unpaired) electrons. The molecule has 0 amide bonds. The summed E-state index contributed by atoms with van der Waals surface area (Å²) in [5.74, 6) is 1.76. The van der Waals surface area contributed by atoms with Crippen molar-refractivity contribution in [2.24, 2.45) is 11.8 Å². The van der Waals surface area contributed by atoms with Crippen molar-refractivity contribution in [2.75, 3.05) is 0 Å². The zero-order valence-corrected chi connectivity index (χ0v) is 8.14. The Morgan fingerprint density at radius 3 is 3.00 bits per heavy atom. The summed E-state index contributed by atoms with van der Waals surface area (Å²) < 4.78 is 0. The SMILES string of the molecule is CC1CCC2=C(C1)C(C)CC=C2. The van der Waals surface area contributed by atoms with Gasteiger partial charge in [0.2, 0.25) is 0 Å². The summed E-state index contributed by atoms with van der Waals surface area (Å²) >= 11 is 0. The van der Waals surface area contributed by atoms with Crippen molar-refractivity contribution in [1.82, 2.24) is 0 Å². The molecule has 2 atom stereocenters. The zero-order valence-electron chi connectivity index (χ0n) is 8.14. The predicted molar refractivity (Wildman–Crippen MR) is 53.0 cm³/mol. The predicted octanol–water partition coefficient (Wildman–Crippen LogP) is 3.70. The molecule has 2 unspecified atom stereocenters. The third kappa shape index (κ3) is 1.35. The highest BCUT2D eigenvalue weighted by Crippen LogP contribution is 2.37. The standard InChI is InChI=1S/C12H18/c1-9-6-7-11-5-3-4-10(2)12(11)8-9/h3,5,9-10H,4,6-8H2,1-2H3. The van der Waals surface area contributed by atoms with E-state index < -0.39 is 0 Å². The molecule has 0 aromatic heterocycles. The van der Waals surface area contributed by atoms with Crippen molar-refractivity contribution in [3.05, 3.63) is 23.3 Å². The second kappa shape index (κ2) is 3.08. The van der Waals surface area contributed by atoms with Gasteiger partial charge in [-0.2, -0.15) is 0 Å². The molecule has 0 bridgehead atoms. The van der Waals surface area contributed by atoms with E-state index in [0.717, 1.165) is 11.8 Å². The van der Waals surface area contributed by atoms with Gasteiger partial charge < -0.3 is 0 Å². The van der Waals surface area contributed by atoms with Crippen molar-refractivity contribution in [2.45, 2.75) is 39.5 Å². The van der Waals surface area contributed by atoms with E-state index >= 15 is 0 Å². The van der Waals surface area contributed by atoms with Crippen LogP contribution in [0, 0.1) is 11.8 Å². The maximum atomic E-state index is 2.38. The van der Waals surface area contributed by atoms with Crippen LogP contribution in [0.25, 0.3) is 0 Å². The molecule has 2 rings (SSSR count). The van der Waals surface area contributed by atoms with E-state index in [4.69, 9.17) is 0 Å². The Bertz CT molecular complexity index is 232. The normalized spacial score (nSPS) is 35.2. The number of allylic oxidation sites excluding steroid dienone is 4. The van der Waals surface area contributed by atoms with Crippen LogP contribution in [-0.2, 0) is 0 Å². The van der Waals surface area contributed by atoms with Crippen LogP contribution in [0.5, 0.6) is 0 Å². The summed E-state index contributed by atoms with van der Waals surface area (Å²) in [6.45, 7) is 4.76. The van der Waals surface area contributed by atoms with Gasteiger partial charge in [-0.15, -0.1) is 0 Å². The van der Waals surface area contributed by atoms with Crippen LogP contribution in [0.1, 0.15) is 39.5 Å². The van der Waals surface area contributed by atoms with Crippen LogP contribution in [-0.4, -0.2) is 0 Å². The summed E-state index contributed by atoms with van der Waals surface area (Å²) in [6.07, 6.45) is 10.1. The summed E-state index contributed by atoms with van der Waals surface area (Å²) in [4.78, 5) is 0. The maximum Gasteiger partial charge on any atom is -0.0191 e. The third-order valence-corrected chi connectivity index (χ3v) is 3.29. The second-order valence-corrected chi connectivity index (χ2v) is 4.44. The highest BCUT2D eigenvalue weighted by atomic mass is 14.3. The minimum Gasteiger partial charge on any atom is -0.0837 e. The van der Waals surface area contributed by atoms with Gasteiger partial charge >= 0.3 is 0 Å². The van der Waals surface area contributed by atoms with Gasteiger partial charge in [0, 0.05) is 0 Å². The van der Waals surface area contributed by atoms with Crippen molar-refractivity contribution in [1.29, 1.82) is 0 Å². The number of rotatable bonds is 0. The van der Waals surface area contributed by atoms with E-state index in [1.807, 2.05) is 0 Å². The third-order valence-electron chi connectivity index (χ3n) is 3.29. The van der Waals surface area contributed by atoms with Crippen LogP contribution >= 0.6 is 0 Å². The molecule has 0 aromatic rings. The lowest BCUT2D eigenvalue weighted by molar-refractivity contribution is 0.458. The van der Waals surface area contributed by atoms with Crippen molar-refractivity contribution in [3.63, 3.8) is 0 Å². The molecule has 0 aliphatic heterocycles. The summed E-state index contributed by atoms with van der Waals surface area (Å²) in [5.41, 5.74) is 3.42. The molecule has 0 N–H and O–H groups in total. The van der Waals surface area contributed by atoms with E-state index in [1.54, 1.807) is 11.1 Å². The maximum absolute atomic E-state index is 2.38. The minimum absolute atomic E-state index is 0.827. The Labute approximate surface area is 75.4 Å². The monoisotopic (exact) mass is 162 g/mol. The second-order valence-electron chi connectivity index (χ2n) is 4.44. The van der Waals surface area contributed by atoms with Crippen LogP contribution in [0.3, 0.4) is 0 Å². The van der Waals surface area contributed by atoms with Gasteiger partial charge in [0.1, 0.15) is 0 Å². The summed E-state index contributed by atoms with van der Waals surface area (Å²) in [7, 11) is 0. The van der Waals surface area contributed by atoms with Crippen LogP contribution in [0.15, 0.2) is 23.3 Å².